The number of hydrogen-bond acceptors (Lipinski definition) is 13. The van der Waals surface area contributed by atoms with Crippen LogP contribution in [0.15, 0.2) is 70.5 Å². The molecule has 0 aliphatic carbocycles. The zero-order chi connectivity index (χ0) is 32.3. The lowest BCUT2D eigenvalue weighted by molar-refractivity contribution is -0.144. The average molecular weight is 628 g/mol. The van der Waals surface area contributed by atoms with Gasteiger partial charge in [0.15, 0.2) is 11.2 Å². The van der Waals surface area contributed by atoms with Crippen LogP contribution in [0.2, 0.25) is 0 Å². The zero-order valence-corrected chi connectivity index (χ0v) is 24.3. The molecule has 0 bridgehead atoms. The quantitative estimate of drug-likeness (QED) is 0.122. The average Bonchev–Trinajstić information content (AvgIpc) is 3.02. The van der Waals surface area contributed by atoms with E-state index in [0.29, 0.717) is 16.9 Å². The fourth-order valence-electron chi connectivity index (χ4n) is 3.58. The third kappa shape index (κ3) is 9.57. The van der Waals surface area contributed by atoms with E-state index in [-0.39, 0.29) is 41.4 Å². The van der Waals surface area contributed by atoms with Gasteiger partial charge in [0.2, 0.25) is 5.95 Å². The lowest BCUT2D eigenvalue weighted by atomic mass is 10.1. The van der Waals surface area contributed by atoms with Gasteiger partial charge in [-0.25, -0.2) is 14.8 Å². The van der Waals surface area contributed by atoms with Gasteiger partial charge in [0.1, 0.15) is 6.04 Å². The second-order valence-corrected chi connectivity index (χ2v) is 10.3. The van der Waals surface area contributed by atoms with Gasteiger partial charge < -0.3 is 25.8 Å². The second-order valence-electron chi connectivity index (χ2n) is 8.87. The number of ether oxygens (including phenoxy) is 2. The van der Waals surface area contributed by atoms with Crippen LogP contribution in [0.4, 0.5) is 11.6 Å². The van der Waals surface area contributed by atoms with Crippen molar-refractivity contribution in [2.24, 2.45) is 0 Å². The van der Waals surface area contributed by atoms with Crippen molar-refractivity contribution in [1.29, 1.82) is 0 Å². The van der Waals surface area contributed by atoms with Gasteiger partial charge in [0.25, 0.3) is 21.6 Å². The molecule has 44 heavy (non-hydrogen) atoms. The van der Waals surface area contributed by atoms with E-state index in [9.17, 15) is 27.6 Å². The number of rotatable bonds is 10. The van der Waals surface area contributed by atoms with E-state index in [4.69, 9.17) is 10.3 Å². The highest BCUT2D eigenvalue weighted by molar-refractivity contribution is 7.85. The number of H-pyrrole nitrogens is 1. The number of carbonyl (C=O) groups excluding carboxylic acids is 3. The number of aromatic nitrogens is 4. The van der Waals surface area contributed by atoms with E-state index in [2.05, 4.69) is 40.0 Å². The first kappa shape index (κ1) is 33.1. The van der Waals surface area contributed by atoms with Crippen LogP contribution in [-0.4, -0.2) is 71.0 Å². The van der Waals surface area contributed by atoms with Crippen molar-refractivity contribution in [3.05, 3.63) is 82.4 Å². The molecule has 0 unspecified atom stereocenters. The van der Waals surface area contributed by atoms with Gasteiger partial charge in [0.05, 0.1) is 37.6 Å². The smallest absolute Gasteiger partial charge is 0.328 e. The Labute approximate surface area is 250 Å². The van der Waals surface area contributed by atoms with Crippen molar-refractivity contribution in [3.8, 4) is 0 Å². The Kier molecular flexibility index (Phi) is 11.4. The molecule has 1 atom stereocenters. The highest BCUT2D eigenvalue weighted by atomic mass is 32.2. The Balaban J connectivity index is 0.000000448. The van der Waals surface area contributed by atoms with Gasteiger partial charge in [-0.1, -0.05) is 18.2 Å². The summed E-state index contributed by atoms with van der Waals surface area (Å²) in [5.41, 5.74) is 6.72. The van der Waals surface area contributed by atoms with Crippen molar-refractivity contribution in [2.45, 2.75) is 30.3 Å². The molecule has 17 heteroatoms. The summed E-state index contributed by atoms with van der Waals surface area (Å²) in [6, 6.07) is 12.9. The predicted octanol–water partition coefficient (Wildman–Crippen LogP) is 1.07. The molecule has 16 nitrogen and oxygen atoms in total. The SMILES string of the molecule is COC(=O)CC[C@H](NC(=O)c1ccc(NCc2cnc3nc(N)[nH]c(=O)c3n2)cc1)C(=O)OC.O=S(=O)(O)c1ccccc1. The number of fused-ring (bicyclic) bond motifs is 1. The minimum atomic E-state index is -4.00. The summed E-state index contributed by atoms with van der Waals surface area (Å²) in [4.78, 5) is 62.3. The van der Waals surface area contributed by atoms with E-state index >= 15 is 0 Å². The minimum absolute atomic E-state index is 0.0387. The number of nitrogen functional groups attached to an aromatic ring is 1. The lowest BCUT2D eigenvalue weighted by Gasteiger charge is -2.16. The van der Waals surface area contributed by atoms with E-state index in [1.807, 2.05) is 0 Å². The van der Waals surface area contributed by atoms with Crippen LogP contribution in [0.25, 0.3) is 11.2 Å². The fraction of sp³-hybridized carbons (Fsp3) is 0.222. The molecule has 0 aliphatic rings. The Morgan fingerprint density at radius 3 is 2.30 bits per heavy atom. The van der Waals surface area contributed by atoms with Gasteiger partial charge in [0, 0.05) is 17.7 Å². The first-order valence-electron chi connectivity index (χ1n) is 12.7. The van der Waals surface area contributed by atoms with Crippen molar-refractivity contribution in [2.75, 3.05) is 25.3 Å². The van der Waals surface area contributed by atoms with Crippen LogP contribution >= 0.6 is 0 Å². The number of nitrogens with zero attached hydrogens (tertiary/aromatic N) is 3. The fourth-order valence-corrected chi connectivity index (χ4v) is 4.08. The Bertz CT molecular complexity index is 1780. The van der Waals surface area contributed by atoms with Gasteiger partial charge in [-0.05, 0) is 42.8 Å². The van der Waals surface area contributed by atoms with Gasteiger partial charge >= 0.3 is 11.9 Å². The molecule has 0 fully saturated rings. The molecule has 232 valence electrons. The summed E-state index contributed by atoms with van der Waals surface area (Å²) in [5, 5.41) is 5.67. The number of nitrogens with two attached hydrogens (primary N) is 1. The van der Waals surface area contributed by atoms with Gasteiger partial charge in [-0.15, -0.1) is 0 Å². The number of amides is 1. The number of esters is 2. The molecule has 2 aromatic heterocycles. The maximum absolute atomic E-state index is 12.5. The molecule has 1 amide bonds. The van der Waals surface area contributed by atoms with E-state index in [1.54, 1.807) is 42.5 Å². The Hall–Kier alpha value is -5.42. The molecule has 0 radical (unpaired) electrons. The molecule has 0 saturated heterocycles. The third-order valence-electron chi connectivity index (χ3n) is 5.80. The van der Waals surface area contributed by atoms with Crippen molar-refractivity contribution >= 4 is 50.8 Å². The van der Waals surface area contributed by atoms with Crippen LogP contribution in [-0.2, 0) is 35.7 Å². The van der Waals surface area contributed by atoms with E-state index in [0.717, 1.165) is 0 Å². The largest absolute Gasteiger partial charge is 0.469 e. The molecule has 4 rings (SSSR count). The lowest BCUT2D eigenvalue weighted by Crippen LogP contribution is -2.41. The normalized spacial score (nSPS) is 11.4. The van der Waals surface area contributed by atoms with Crippen LogP contribution in [0.3, 0.4) is 0 Å². The number of anilines is 2. The summed E-state index contributed by atoms with van der Waals surface area (Å²) in [5.74, 6) is -1.70. The van der Waals surface area contributed by atoms with Gasteiger partial charge in [-0.2, -0.15) is 13.4 Å². The standard InChI is InChI=1S/C21H23N7O6.C6H6O3S/c1-33-15(29)8-7-14(20(32)34-2)26-18(30)11-3-5-12(6-4-11)23-9-13-10-24-17-16(25-13)19(31)28-21(22)27-17;7-10(8,9)6-4-2-1-3-5-6/h3-6,10,14,23H,7-9H2,1-2H3,(H,26,30)(H3,22,24,27,28,31);1-5H,(H,7,8,9)/t14-;/m0./s1. The van der Waals surface area contributed by atoms with E-state index < -0.39 is 39.6 Å². The number of nitrogens with one attached hydrogen (secondary N) is 3. The highest BCUT2D eigenvalue weighted by Gasteiger charge is 2.23. The zero-order valence-electron chi connectivity index (χ0n) is 23.5. The molecular formula is C27H29N7O9S. The molecule has 0 aliphatic heterocycles. The summed E-state index contributed by atoms with van der Waals surface area (Å²) in [7, 11) is -1.57. The van der Waals surface area contributed by atoms with Gasteiger partial charge in [-0.3, -0.25) is 23.9 Å². The van der Waals surface area contributed by atoms with Crippen molar-refractivity contribution < 1.29 is 36.8 Å². The van der Waals surface area contributed by atoms with Crippen molar-refractivity contribution in [3.63, 3.8) is 0 Å². The summed E-state index contributed by atoms with van der Waals surface area (Å²) in [6.07, 6.45) is 1.47. The molecule has 4 aromatic rings. The topological polar surface area (TPSA) is 246 Å². The van der Waals surface area contributed by atoms with Crippen LogP contribution < -0.4 is 21.9 Å². The molecular weight excluding hydrogens is 598 g/mol. The van der Waals surface area contributed by atoms with Crippen LogP contribution in [0, 0.1) is 0 Å². The number of aromatic amines is 1. The maximum atomic E-state index is 12.5. The predicted molar refractivity (Wildman–Crippen MR) is 157 cm³/mol. The Morgan fingerprint density at radius 1 is 1.02 bits per heavy atom. The van der Waals surface area contributed by atoms with Crippen LogP contribution in [0.5, 0.6) is 0 Å². The second kappa shape index (κ2) is 15.2. The molecule has 2 heterocycles. The first-order chi connectivity index (χ1) is 20.9. The summed E-state index contributed by atoms with van der Waals surface area (Å²) in [6.45, 7) is 0.260. The number of hydrogen-bond donors (Lipinski definition) is 5. The molecule has 0 spiro atoms. The van der Waals surface area contributed by atoms with E-state index in [1.165, 1.54) is 32.5 Å². The number of methoxy groups -OCH3 is 2. The molecule has 0 saturated carbocycles. The van der Waals surface area contributed by atoms with Crippen LogP contribution in [0.1, 0.15) is 28.9 Å². The Morgan fingerprint density at radius 2 is 1.70 bits per heavy atom. The first-order valence-corrected chi connectivity index (χ1v) is 14.2. The summed E-state index contributed by atoms with van der Waals surface area (Å²) < 4.78 is 38.5. The monoisotopic (exact) mass is 627 g/mol. The number of benzene rings is 2. The molecule has 6 N–H and O–H groups in total. The maximum Gasteiger partial charge on any atom is 0.328 e. The third-order valence-corrected chi connectivity index (χ3v) is 6.67. The minimum Gasteiger partial charge on any atom is -0.469 e. The van der Waals surface area contributed by atoms with Crippen molar-refractivity contribution in [1.82, 2.24) is 25.3 Å². The highest BCUT2D eigenvalue weighted by Crippen LogP contribution is 2.13. The summed E-state index contributed by atoms with van der Waals surface area (Å²) >= 11 is 0. The number of carbonyl (C=O) groups is 3. The molecule has 2 aromatic carbocycles.